The molecular weight excluding hydrogens is 400 g/mol. The summed E-state index contributed by atoms with van der Waals surface area (Å²) in [6.07, 6.45) is 5.99. The topological polar surface area (TPSA) is 85.0 Å². The van der Waals surface area contributed by atoms with Gasteiger partial charge in [0.15, 0.2) is 0 Å². The zero-order chi connectivity index (χ0) is 22.9. The fourth-order valence-electron chi connectivity index (χ4n) is 4.95. The maximum Gasteiger partial charge on any atom is 0.230 e. The maximum atomic E-state index is 13.1. The second-order valence-electron chi connectivity index (χ2n) is 10.3. The molecule has 0 radical (unpaired) electrons. The van der Waals surface area contributed by atoms with Crippen molar-refractivity contribution < 1.29 is 9.90 Å². The van der Waals surface area contributed by atoms with Crippen LogP contribution in [0.4, 0.5) is 5.69 Å². The van der Waals surface area contributed by atoms with Gasteiger partial charge in [0.05, 0.1) is 12.3 Å². The Morgan fingerprint density at radius 2 is 1.97 bits per heavy atom. The van der Waals surface area contributed by atoms with Gasteiger partial charge in [-0.3, -0.25) is 9.89 Å². The Morgan fingerprint density at radius 3 is 2.62 bits per heavy atom. The molecule has 1 aliphatic carbocycles. The summed E-state index contributed by atoms with van der Waals surface area (Å²) in [5.41, 5.74) is 6.41. The number of fused-ring (bicyclic) bond motifs is 1. The number of aromatic amines is 2. The van der Waals surface area contributed by atoms with E-state index in [0.717, 1.165) is 66.5 Å². The van der Waals surface area contributed by atoms with Crippen LogP contribution in [0.25, 0.3) is 22.3 Å². The minimum absolute atomic E-state index is 0.0455. The molecular formula is C26H36N4O2. The molecule has 32 heavy (non-hydrogen) atoms. The standard InChI is InChI=1S/C26H36N4O2/c1-5-20-23(16-26(2,3)4)28-29-24(20)22-14-18-10-11-19(15-21(18)27-22)30(12-13-31)25(32)17-8-6-7-9-17/h10-11,14-15,17,27,31H,5-9,12-13,16H2,1-4H3,(H,28,29). The van der Waals surface area contributed by atoms with Crippen molar-refractivity contribution in [2.75, 3.05) is 18.1 Å². The van der Waals surface area contributed by atoms with E-state index in [1.54, 1.807) is 4.90 Å². The summed E-state index contributed by atoms with van der Waals surface area (Å²) in [5.74, 6) is 0.212. The van der Waals surface area contributed by atoms with Crippen molar-refractivity contribution in [2.45, 2.75) is 66.2 Å². The first-order valence-corrected chi connectivity index (χ1v) is 11.9. The highest BCUT2D eigenvalue weighted by Crippen LogP contribution is 2.33. The molecule has 2 heterocycles. The lowest BCUT2D eigenvalue weighted by Crippen LogP contribution is -2.37. The lowest BCUT2D eigenvalue weighted by Gasteiger charge is -2.25. The molecule has 0 bridgehead atoms. The number of anilines is 1. The van der Waals surface area contributed by atoms with Crippen LogP contribution in [0.15, 0.2) is 24.3 Å². The van der Waals surface area contributed by atoms with E-state index >= 15 is 0 Å². The average molecular weight is 437 g/mol. The van der Waals surface area contributed by atoms with Gasteiger partial charge in [0.2, 0.25) is 5.91 Å². The smallest absolute Gasteiger partial charge is 0.230 e. The summed E-state index contributed by atoms with van der Waals surface area (Å²) in [7, 11) is 0. The number of carbonyl (C=O) groups is 1. The van der Waals surface area contributed by atoms with Crippen molar-refractivity contribution in [3.05, 3.63) is 35.5 Å². The lowest BCUT2D eigenvalue weighted by atomic mass is 9.88. The van der Waals surface area contributed by atoms with Gasteiger partial charge in [-0.25, -0.2) is 0 Å². The van der Waals surface area contributed by atoms with Crippen molar-refractivity contribution in [2.24, 2.45) is 11.3 Å². The van der Waals surface area contributed by atoms with Gasteiger partial charge in [-0.05, 0) is 49.3 Å². The number of aromatic nitrogens is 3. The number of nitrogens with zero attached hydrogens (tertiary/aromatic N) is 2. The van der Waals surface area contributed by atoms with Gasteiger partial charge in [-0.15, -0.1) is 0 Å². The highest BCUT2D eigenvalue weighted by Gasteiger charge is 2.28. The quantitative estimate of drug-likeness (QED) is 0.474. The Hall–Kier alpha value is -2.60. The van der Waals surface area contributed by atoms with Crippen molar-refractivity contribution in [1.29, 1.82) is 0 Å². The third-order valence-corrected chi connectivity index (χ3v) is 6.48. The summed E-state index contributed by atoms with van der Waals surface area (Å²) in [6.45, 7) is 9.16. The zero-order valence-electron chi connectivity index (χ0n) is 19.8. The molecule has 0 aliphatic heterocycles. The number of amides is 1. The van der Waals surface area contributed by atoms with Crippen LogP contribution in [0, 0.1) is 11.3 Å². The fourth-order valence-corrected chi connectivity index (χ4v) is 4.95. The second kappa shape index (κ2) is 9.10. The minimum Gasteiger partial charge on any atom is -0.395 e. The summed E-state index contributed by atoms with van der Waals surface area (Å²) in [6, 6.07) is 8.18. The van der Waals surface area contributed by atoms with E-state index in [1.165, 1.54) is 11.3 Å². The third kappa shape index (κ3) is 4.60. The number of aliphatic hydroxyl groups is 1. The van der Waals surface area contributed by atoms with E-state index in [4.69, 9.17) is 0 Å². The Balaban J connectivity index is 1.66. The molecule has 0 unspecified atom stereocenters. The van der Waals surface area contributed by atoms with Crippen LogP contribution in [-0.2, 0) is 17.6 Å². The molecule has 1 saturated carbocycles. The van der Waals surface area contributed by atoms with Crippen molar-refractivity contribution in [3.8, 4) is 11.4 Å². The Bertz CT molecular complexity index is 1080. The van der Waals surface area contributed by atoms with Gasteiger partial charge in [-0.1, -0.05) is 46.6 Å². The molecule has 0 spiro atoms. The number of H-pyrrole nitrogens is 2. The molecule has 6 nitrogen and oxygen atoms in total. The molecule has 1 aliphatic rings. The predicted molar refractivity (Wildman–Crippen MR) is 130 cm³/mol. The summed E-state index contributed by atoms with van der Waals surface area (Å²) in [5, 5.41) is 18.6. The summed E-state index contributed by atoms with van der Waals surface area (Å²) >= 11 is 0. The number of benzene rings is 1. The average Bonchev–Trinajstić information content (AvgIpc) is 3.48. The molecule has 0 saturated heterocycles. The molecule has 2 aromatic heterocycles. The zero-order valence-corrected chi connectivity index (χ0v) is 19.8. The first-order chi connectivity index (χ1) is 15.3. The molecule has 3 aromatic rings. The Labute approximate surface area is 190 Å². The Kier molecular flexibility index (Phi) is 6.42. The lowest BCUT2D eigenvalue weighted by molar-refractivity contribution is -0.122. The normalized spacial score (nSPS) is 15.0. The second-order valence-corrected chi connectivity index (χ2v) is 10.3. The maximum absolute atomic E-state index is 13.1. The monoisotopic (exact) mass is 436 g/mol. The first-order valence-electron chi connectivity index (χ1n) is 11.9. The first kappa shape index (κ1) is 22.6. The van der Waals surface area contributed by atoms with E-state index < -0.39 is 0 Å². The van der Waals surface area contributed by atoms with Crippen molar-refractivity contribution >= 4 is 22.5 Å². The molecule has 4 rings (SSSR count). The van der Waals surface area contributed by atoms with Gasteiger partial charge in [0, 0.05) is 40.3 Å². The largest absolute Gasteiger partial charge is 0.395 e. The van der Waals surface area contributed by atoms with Crippen LogP contribution in [0.5, 0.6) is 0 Å². The van der Waals surface area contributed by atoms with Gasteiger partial charge in [-0.2, -0.15) is 5.10 Å². The van der Waals surface area contributed by atoms with Crippen molar-refractivity contribution in [1.82, 2.24) is 15.2 Å². The molecule has 6 heteroatoms. The molecule has 1 fully saturated rings. The number of aliphatic hydroxyl groups excluding tert-OH is 1. The van der Waals surface area contributed by atoms with Crippen molar-refractivity contribution in [3.63, 3.8) is 0 Å². The van der Waals surface area contributed by atoms with E-state index in [-0.39, 0.29) is 23.8 Å². The molecule has 172 valence electrons. The number of rotatable bonds is 7. The van der Waals surface area contributed by atoms with Gasteiger partial charge >= 0.3 is 0 Å². The van der Waals surface area contributed by atoms with Crippen LogP contribution < -0.4 is 4.90 Å². The number of hydrogen-bond donors (Lipinski definition) is 3. The number of carbonyl (C=O) groups excluding carboxylic acids is 1. The highest BCUT2D eigenvalue weighted by atomic mass is 16.3. The molecule has 1 aromatic carbocycles. The van der Waals surface area contributed by atoms with Crippen LogP contribution in [0.2, 0.25) is 0 Å². The van der Waals surface area contributed by atoms with Gasteiger partial charge < -0.3 is 15.0 Å². The van der Waals surface area contributed by atoms with Crippen LogP contribution in [0.1, 0.15) is 64.6 Å². The van der Waals surface area contributed by atoms with E-state index in [9.17, 15) is 9.90 Å². The third-order valence-electron chi connectivity index (χ3n) is 6.48. The fraction of sp³-hybridized carbons (Fsp3) is 0.538. The van der Waals surface area contributed by atoms with Crippen LogP contribution in [0.3, 0.4) is 0 Å². The van der Waals surface area contributed by atoms with Gasteiger partial charge in [0.25, 0.3) is 0 Å². The van der Waals surface area contributed by atoms with E-state index in [0.29, 0.717) is 6.54 Å². The summed E-state index contributed by atoms with van der Waals surface area (Å²) in [4.78, 5) is 18.4. The van der Waals surface area contributed by atoms with Crippen LogP contribution >= 0.6 is 0 Å². The van der Waals surface area contributed by atoms with E-state index in [2.05, 4.69) is 48.9 Å². The highest BCUT2D eigenvalue weighted by molar-refractivity contribution is 5.98. The molecule has 0 atom stereocenters. The summed E-state index contributed by atoms with van der Waals surface area (Å²) < 4.78 is 0. The molecule has 3 N–H and O–H groups in total. The minimum atomic E-state index is -0.0455. The SMILES string of the molecule is CCc1c(-c2cc3ccc(N(CCO)C(=O)C4CCCC4)cc3[nH]2)n[nH]c1CC(C)(C)C. The Morgan fingerprint density at radius 1 is 1.22 bits per heavy atom. The van der Waals surface area contributed by atoms with Gasteiger partial charge in [0.1, 0.15) is 5.69 Å². The number of nitrogens with one attached hydrogen (secondary N) is 2. The number of hydrogen-bond acceptors (Lipinski definition) is 3. The van der Waals surface area contributed by atoms with Crippen LogP contribution in [-0.4, -0.2) is 39.3 Å². The predicted octanol–water partition coefficient (Wildman–Crippen LogP) is 5.22. The van der Waals surface area contributed by atoms with E-state index in [1.807, 2.05) is 18.2 Å². The molecule has 1 amide bonds.